The second-order valence-electron chi connectivity index (χ2n) is 3.43. The van der Waals surface area contributed by atoms with Crippen molar-refractivity contribution in [2.45, 2.75) is 13.3 Å². The minimum absolute atomic E-state index is 0.676. The third-order valence-corrected chi connectivity index (χ3v) is 2.25. The Morgan fingerprint density at radius 3 is 2.88 bits per heavy atom. The number of ether oxygens (including phenoxy) is 2. The van der Waals surface area contributed by atoms with Gasteiger partial charge in [-0.3, -0.25) is 0 Å². The molecule has 1 aromatic carbocycles. The maximum absolute atomic E-state index is 5.60. The van der Waals surface area contributed by atoms with Gasteiger partial charge in [0.1, 0.15) is 6.33 Å². The molecule has 16 heavy (non-hydrogen) atoms. The van der Waals surface area contributed by atoms with Gasteiger partial charge >= 0.3 is 0 Å². The molecule has 84 valence electrons. The maximum atomic E-state index is 5.60. The summed E-state index contributed by atoms with van der Waals surface area (Å²) >= 11 is 0. The molecule has 1 heterocycles. The molecule has 0 unspecified atom stereocenters. The van der Waals surface area contributed by atoms with Gasteiger partial charge in [-0.2, -0.15) is 0 Å². The minimum Gasteiger partial charge on any atom is -0.493 e. The molecular formula is C12H14N2O2. The van der Waals surface area contributed by atoms with Crippen LogP contribution in [-0.4, -0.2) is 23.7 Å². The van der Waals surface area contributed by atoms with Gasteiger partial charge in [0, 0.05) is 17.6 Å². The smallest absolute Gasteiger partial charge is 0.162 e. The zero-order valence-electron chi connectivity index (χ0n) is 9.43. The molecule has 0 saturated heterocycles. The molecule has 2 aromatic rings. The molecule has 0 aliphatic heterocycles. The van der Waals surface area contributed by atoms with Crippen LogP contribution in [0.4, 0.5) is 0 Å². The lowest BCUT2D eigenvalue weighted by Crippen LogP contribution is -1.98. The molecule has 2 rings (SSSR count). The number of hydrogen-bond acceptors (Lipinski definition) is 4. The maximum Gasteiger partial charge on any atom is 0.162 e. The lowest BCUT2D eigenvalue weighted by Gasteiger charge is -2.10. The summed E-state index contributed by atoms with van der Waals surface area (Å²) in [5.41, 5.74) is 0.857. The molecule has 4 nitrogen and oxygen atoms in total. The highest BCUT2D eigenvalue weighted by molar-refractivity contribution is 5.81. The Morgan fingerprint density at radius 2 is 2.12 bits per heavy atom. The number of methoxy groups -OCH3 is 1. The van der Waals surface area contributed by atoms with Crippen LogP contribution in [0.1, 0.15) is 13.3 Å². The molecule has 0 bridgehead atoms. The van der Waals surface area contributed by atoms with Gasteiger partial charge in [0.2, 0.25) is 0 Å². The number of benzene rings is 1. The average Bonchev–Trinajstić information content (AvgIpc) is 2.35. The molecule has 0 amide bonds. The first kappa shape index (κ1) is 10.7. The fourth-order valence-corrected chi connectivity index (χ4v) is 1.47. The van der Waals surface area contributed by atoms with Crippen LogP contribution in [0.25, 0.3) is 10.9 Å². The first-order valence-corrected chi connectivity index (χ1v) is 5.25. The fourth-order valence-electron chi connectivity index (χ4n) is 1.47. The Hall–Kier alpha value is -1.84. The second kappa shape index (κ2) is 4.79. The van der Waals surface area contributed by atoms with E-state index < -0.39 is 0 Å². The summed E-state index contributed by atoms with van der Waals surface area (Å²) in [6, 6.07) is 3.77. The second-order valence-corrected chi connectivity index (χ2v) is 3.43. The van der Waals surface area contributed by atoms with E-state index in [2.05, 4.69) is 16.9 Å². The third kappa shape index (κ3) is 2.05. The minimum atomic E-state index is 0.676. The summed E-state index contributed by atoms with van der Waals surface area (Å²) in [6.45, 7) is 2.74. The van der Waals surface area contributed by atoms with E-state index in [1.807, 2.05) is 12.1 Å². The van der Waals surface area contributed by atoms with Crippen LogP contribution in [0.3, 0.4) is 0 Å². The molecule has 0 N–H and O–H groups in total. The normalized spacial score (nSPS) is 10.4. The van der Waals surface area contributed by atoms with Gasteiger partial charge in [0.05, 0.1) is 19.2 Å². The van der Waals surface area contributed by atoms with Gasteiger partial charge in [-0.15, -0.1) is 0 Å². The topological polar surface area (TPSA) is 44.2 Å². The molecule has 0 fully saturated rings. The quantitative estimate of drug-likeness (QED) is 0.790. The van der Waals surface area contributed by atoms with E-state index in [0.29, 0.717) is 12.4 Å². The fraction of sp³-hybridized carbons (Fsp3) is 0.333. The molecule has 4 heteroatoms. The van der Waals surface area contributed by atoms with Crippen molar-refractivity contribution in [1.82, 2.24) is 9.97 Å². The number of fused-ring (bicyclic) bond motifs is 1. The van der Waals surface area contributed by atoms with Gasteiger partial charge in [0.15, 0.2) is 11.5 Å². The number of aromatic nitrogens is 2. The number of nitrogens with zero attached hydrogens (tertiary/aromatic N) is 2. The Balaban J connectivity index is 2.45. The molecular weight excluding hydrogens is 204 g/mol. The highest BCUT2D eigenvalue weighted by Gasteiger charge is 2.07. The third-order valence-electron chi connectivity index (χ3n) is 2.25. The summed E-state index contributed by atoms with van der Waals surface area (Å²) in [7, 11) is 1.63. The number of hydrogen-bond donors (Lipinski definition) is 0. The van der Waals surface area contributed by atoms with Crippen molar-refractivity contribution in [2.75, 3.05) is 13.7 Å². The molecule has 0 radical (unpaired) electrons. The predicted octanol–water partition coefficient (Wildman–Crippen LogP) is 2.43. The molecule has 0 spiro atoms. The highest BCUT2D eigenvalue weighted by atomic mass is 16.5. The van der Waals surface area contributed by atoms with E-state index in [1.54, 1.807) is 13.3 Å². The van der Waals surface area contributed by atoms with Gasteiger partial charge in [-0.25, -0.2) is 9.97 Å². The van der Waals surface area contributed by atoms with Crippen LogP contribution < -0.4 is 9.47 Å². The molecule has 0 aliphatic carbocycles. The van der Waals surface area contributed by atoms with E-state index in [0.717, 1.165) is 23.1 Å². The van der Waals surface area contributed by atoms with E-state index >= 15 is 0 Å². The van der Waals surface area contributed by atoms with Gasteiger partial charge in [0.25, 0.3) is 0 Å². The van der Waals surface area contributed by atoms with Crippen LogP contribution in [-0.2, 0) is 0 Å². The average molecular weight is 218 g/mol. The molecule has 0 atom stereocenters. The first-order chi connectivity index (χ1) is 7.85. The van der Waals surface area contributed by atoms with Crippen molar-refractivity contribution in [3.8, 4) is 11.5 Å². The van der Waals surface area contributed by atoms with Crippen molar-refractivity contribution in [2.24, 2.45) is 0 Å². The Bertz CT molecular complexity index is 485. The van der Waals surface area contributed by atoms with Crippen molar-refractivity contribution in [1.29, 1.82) is 0 Å². The Labute approximate surface area is 94.2 Å². The van der Waals surface area contributed by atoms with Crippen LogP contribution in [0.2, 0.25) is 0 Å². The van der Waals surface area contributed by atoms with E-state index in [4.69, 9.17) is 9.47 Å². The van der Waals surface area contributed by atoms with Gasteiger partial charge in [-0.05, 0) is 12.5 Å². The van der Waals surface area contributed by atoms with E-state index in [9.17, 15) is 0 Å². The standard InChI is InChI=1S/C12H14N2O2/c1-3-4-16-12-5-9-7-13-8-14-10(9)6-11(12)15-2/h5-8H,3-4H2,1-2H3. The van der Waals surface area contributed by atoms with Crippen molar-refractivity contribution in [3.05, 3.63) is 24.7 Å². The predicted molar refractivity (Wildman–Crippen MR) is 61.9 cm³/mol. The van der Waals surface area contributed by atoms with Crippen molar-refractivity contribution in [3.63, 3.8) is 0 Å². The van der Waals surface area contributed by atoms with Gasteiger partial charge in [-0.1, -0.05) is 6.92 Å². The summed E-state index contributed by atoms with van der Waals surface area (Å²) in [5.74, 6) is 1.45. The van der Waals surface area contributed by atoms with Crippen molar-refractivity contribution >= 4 is 10.9 Å². The van der Waals surface area contributed by atoms with E-state index in [1.165, 1.54) is 6.33 Å². The van der Waals surface area contributed by atoms with E-state index in [-0.39, 0.29) is 0 Å². The summed E-state index contributed by atoms with van der Waals surface area (Å²) in [5, 5.41) is 0.953. The monoisotopic (exact) mass is 218 g/mol. The zero-order valence-corrected chi connectivity index (χ0v) is 9.43. The van der Waals surface area contributed by atoms with Crippen LogP contribution in [0.15, 0.2) is 24.7 Å². The zero-order chi connectivity index (χ0) is 11.4. The highest BCUT2D eigenvalue weighted by Crippen LogP contribution is 2.31. The SMILES string of the molecule is CCCOc1cc2cncnc2cc1OC. The molecule has 0 saturated carbocycles. The molecule has 0 aliphatic rings. The Morgan fingerprint density at radius 1 is 1.25 bits per heavy atom. The Kier molecular flexibility index (Phi) is 3.19. The molecule has 1 aromatic heterocycles. The lowest BCUT2D eigenvalue weighted by atomic mass is 10.2. The van der Waals surface area contributed by atoms with Crippen LogP contribution >= 0.6 is 0 Å². The largest absolute Gasteiger partial charge is 0.493 e. The van der Waals surface area contributed by atoms with Crippen molar-refractivity contribution < 1.29 is 9.47 Å². The van der Waals surface area contributed by atoms with Crippen LogP contribution in [0, 0.1) is 0 Å². The lowest BCUT2D eigenvalue weighted by molar-refractivity contribution is 0.295. The van der Waals surface area contributed by atoms with Gasteiger partial charge < -0.3 is 9.47 Å². The number of rotatable bonds is 4. The summed E-state index contributed by atoms with van der Waals surface area (Å²) in [4.78, 5) is 8.15. The summed E-state index contributed by atoms with van der Waals surface area (Å²) < 4.78 is 10.9. The first-order valence-electron chi connectivity index (χ1n) is 5.25. The summed E-state index contributed by atoms with van der Waals surface area (Å²) in [6.07, 6.45) is 4.25. The van der Waals surface area contributed by atoms with Crippen LogP contribution in [0.5, 0.6) is 11.5 Å².